The third-order valence-electron chi connectivity index (χ3n) is 4.50. The Bertz CT molecular complexity index is 271. The standard InChI is InChI=1S/C16H30O4/c1-11(13(3)9-15(17)18)7-5-6-8-12(2)14(4)10-16(19)20/h11-14H,5-10H2,1-4H3,(H,17,18)(H,19,20). The second kappa shape index (κ2) is 9.78. The summed E-state index contributed by atoms with van der Waals surface area (Å²) in [5, 5.41) is 17.5. The molecule has 0 aromatic heterocycles. The molecule has 0 aliphatic carbocycles. The molecule has 4 heteroatoms. The van der Waals surface area contributed by atoms with Crippen LogP contribution in [0.5, 0.6) is 0 Å². The van der Waals surface area contributed by atoms with E-state index in [1.807, 2.05) is 13.8 Å². The molecule has 4 atom stereocenters. The highest BCUT2D eigenvalue weighted by Crippen LogP contribution is 2.24. The first kappa shape index (κ1) is 18.9. The minimum Gasteiger partial charge on any atom is -0.481 e. The van der Waals surface area contributed by atoms with E-state index >= 15 is 0 Å². The Labute approximate surface area is 122 Å². The minimum atomic E-state index is -0.722. The van der Waals surface area contributed by atoms with Gasteiger partial charge in [-0.1, -0.05) is 53.4 Å². The van der Waals surface area contributed by atoms with E-state index in [2.05, 4.69) is 13.8 Å². The first-order chi connectivity index (χ1) is 9.23. The first-order valence-corrected chi connectivity index (χ1v) is 7.67. The van der Waals surface area contributed by atoms with E-state index in [1.165, 1.54) is 0 Å². The van der Waals surface area contributed by atoms with Gasteiger partial charge in [0.25, 0.3) is 0 Å². The van der Waals surface area contributed by atoms with Gasteiger partial charge in [-0.25, -0.2) is 0 Å². The average molecular weight is 286 g/mol. The molecule has 0 bridgehead atoms. The summed E-state index contributed by atoms with van der Waals surface area (Å²) in [4.78, 5) is 21.3. The highest BCUT2D eigenvalue weighted by Gasteiger charge is 2.17. The largest absolute Gasteiger partial charge is 0.481 e. The molecule has 4 unspecified atom stereocenters. The lowest BCUT2D eigenvalue weighted by molar-refractivity contribution is -0.139. The van der Waals surface area contributed by atoms with Crippen LogP contribution in [0.25, 0.3) is 0 Å². The van der Waals surface area contributed by atoms with Gasteiger partial charge >= 0.3 is 11.9 Å². The Balaban J connectivity index is 3.79. The number of aliphatic carboxylic acids is 2. The normalized spacial score (nSPS) is 17.2. The fraction of sp³-hybridized carbons (Fsp3) is 0.875. The fourth-order valence-electron chi connectivity index (χ4n) is 2.45. The van der Waals surface area contributed by atoms with Gasteiger partial charge in [0.1, 0.15) is 0 Å². The summed E-state index contributed by atoms with van der Waals surface area (Å²) in [6.07, 6.45) is 4.77. The summed E-state index contributed by atoms with van der Waals surface area (Å²) < 4.78 is 0. The molecule has 20 heavy (non-hydrogen) atoms. The van der Waals surface area contributed by atoms with E-state index in [0.717, 1.165) is 25.7 Å². The fourth-order valence-corrected chi connectivity index (χ4v) is 2.45. The van der Waals surface area contributed by atoms with Crippen LogP contribution in [-0.2, 0) is 9.59 Å². The maximum atomic E-state index is 10.6. The smallest absolute Gasteiger partial charge is 0.303 e. The van der Waals surface area contributed by atoms with Gasteiger partial charge in [0.05, 0.1) is 0 Å². The maximum Gasteiger partial charge on any atom is 0.303 e. The summed E-state index contributed by atoms with van der Waals surface area (Å²) >= 11 is 0. The number of hydrogen-bond donors (Lipinski definition) is 2. The number of hydrogen-bond acceptors (Lipinski definition) is 2. The Hall–Kier alpha value is -1.06. The SMILES string of the molecule is CC(CCCCC(C)C(C)CC(=O)O)C(C)CC(=O)O. The number of carbonyl (C=O) groups is 2. The topological polar surface area (TPSA) is 74.6 Å². The van der Waals surface area contributed by atoms with Crippen molar-refractivity contribution < 1.29 is 19.8 Å². The second-order valence-corrected chi connectivity index (χ2v) is 6.39. The number of unbranched alkanes of at least 4 members (excludes halogenated alkanes) is 1. The molecule has 2 N–H and O–H groups in total. The molecule has 0 fully saturated rings. The van der Waals surface area contributed by atoms with Gasteiger partial charge in [-0.3, -0.25) is 9.59 Å². The van der Waals surface area contributed by atoms with E-state index in [1.54, 1.807) is 0 Å². The lowest BCUT2D eigenvalue weighted by Gasteiger charge is -2.20. The van der Waals surface area contributed by atoms with Crippen molar-refractivity contribution in [3.8, 4) is 0 Å². The zero-order valence-electron chi connectivity index (χ0n) is 13.3. The van der Waals surface area contributed by atoms with Gasteiger partial charge < -0.3 is 10.2 Å². The minimum absolute atomic E-state index is 0.218. The molecule has 0 rings (SSSR count). The van der Waals surface area contributed by atoms with Gasteiger partial charge in [0.15, 0.2) is 0 Å². The predicted octanol–water partition coefficient (Wildman–Crippen LogP) is 4.04. The molecule has 0 aliphatic rings. The molecule has 0 saturated heterocycles. The van der Waals surface area contributed by atoms with E-state index in [9.17, 15) is 9.59 Å². The van der Waals surface area contributed by atoms with Gasteiger partial charge in [-0.2, -0.15) is 0 Å². The molecule has 4 nitrogen and oxygen atoms in total. The molecule has 0 aromatic carbocycles. The van der Waals surface area contributed by atoms with E-state index in [4.69, 9.17) is 10.2 Å². The predicted molar refractivity (Wildman–Crippen MR) is 79.6 cm³/mol. The van der Waals surface area contributed by atoms with Crippen LogP contribution in [0, 0.1) is 23.7 Å². The van der Waals surface area contributed by atoms with Gasteiger partial charge in [0, 0.05) is 12.8 Å². The first-order valence-electron chi connectivity index (χ1n) is 7.67. The summed E-state index contributed by atoms with van der Waals surface area (Å²) in [5.74, 6) is -0.150. The van der Waals surface area contributed by atoms with E-state index in [-0.39, 0.29) is 24.7 Å². The summed E-state index contributed by atoms with van der Waals surface area (Å²) in [5.41, 5.74) is 0. The van der Waals surface area contributed by atoms with Crippen molar-refractivity contribution in [2.45, 2.75) is 66.2 Å². The zero-order valence-corrected chi connectivity index (χ0v) is 13.3. The van der Waals surface area contributed by atoms with Crippen molar-refractivity contribution in [3.05, 3.63) is 0 Å². The molecule has 118 valence electrons. The van der Waals surface area contributed by atoms with Crippen molar-refractivity contribution in [2.24, 2.45) is 23.7 Å². The van der Waals surface area contributed by atoms with Gasteiger partial charge in [0.2, 0.25) is 0 Å². The molecule has 0 radical (unpaired) electrons. The average Bonchev–Trinajstić information content (AvgIpc) is 2.32. The quantitative estimate of drug-likeness (QED) is 0.562. The van der Waals surface area contributed by atoms with Crippen LogP contribution in [0.15, 0.2) is 0 Å². The van der Waals surface area contributed by atoms with Crippen LogP contribution in [0.1, 0.15) is 66.2 Å². The van der Waals surface area contributed by atoms with Crippen LogP contribution in [0.3, 0.4) is 0 Å². The molecule has 0 saturated carbocycles. The molecule has 0 aromatic rings. The number of rotatable bonds is 11. The van der Waals surface area contributed by atoms with Crippen LogP contribution in [0.2, 0.25) is 0 Å². The molecule has 0 heterocycles. The lowest BCUT2D eigenvalue weighted by Crippen LogP contribution is -2.14. The Kier molecular flexibility index (Phi) is 9.26. The Morgan fingerprint density at radius 1 is 0.700 bits per heavy atom. The highest BCUT2D eigenvalue weighted by molar-refractivity contribution is 5.67. The van der Waals surface area contributed by atoms with Crippen LogP contribution in [-0.4, -0.2) is 22.2 Å². The third kappa shape index (κ3) is 8.94. The second-order valence-electron chi connectivity index (χ2n) is 6.39. The van der Waals surface area contributed by atoms with Crippen molar-refractivity contribution in [2.75, 3.05) is 0 Å². The van der Waals surface area contributed by atoms with Gasteiger partial charge in [-0.15, -0.1) is 0 Å². The van der Waals surface area contributed by atoms with Gasteiger partial charge in [-0.05, 0) is 23.7 Å². The third-order valence-corrected chi connectivity index (χ3v) is 4.50. The van der Waals surface area contributed by atoms with E-state index in [0.29, 0.717) is 11.8 Å². The summed E-state index contributed by atoms with van der Waals surface area (Å²) in [6, 6.07) is 0. The maximum absolute atomic E-state index is 10.6. The van der Waals surface area contributed by atoms with Crippen LogP contribution in [0.4, 0.5) is 0 Å². The lowest BCUT2D eigenvalue weighted by atomic mass is 9.85. The number of carboxylic acid groups (broad SMARTS) is 2. The van der Waals surface area contributed by atoms with Crippen LogP contribution >= 0.6 is 0 Å². The molecule has 0 aliphatic heterocycles. The number of carboxylic acids is 2. The molecular weight excluding hydrogens is 256 g/mol. The summed E-state index contributed by atoms with van der Waals surface area (Å²) in [7, 11) is 0. The Morgan fingerprint density at radius 3 is 1.25 bits per heavy atom. The summed E-state index contributed by atoms with van der Waals surface area (Å²) in [6.45, 7) is 8.22. The zero-order chi connectivity index (χ0) is 15.7. The monoisotopic (exact) mass is 286 g/mol. The van der Waals surface area contributed by atoms with Crippen LogP contribution < -0.4 is 0 Å². The molecule has 0 spiro atoms. The van der Waals surface area contributed by atoms with Crippen molar-refractivity contribution in [3.63, 3.8) is 0 Å². The Morgan fingerprint density at radius 2 is 1.00 bits per heavy atom. The van der Waals surface area contributed by atoms with Crippen molar-refractivity contribution >= 4 is 11.9 Å². The highest BCUT2D eigenvalue weighted by atomic mass is 16.4. The van der Waals surface area contributed by atoms with E-state index < -0.39 is 11.9 Å². The molecular formula is C16H30O4. The molecule has 0 amide bonds. The van der Waals surface area contributed by atoms with Crippen molar-refractivity contribution in [1.29, 1.82) is 0 Å². The van der Waals surface area contributed by atoms with Crippen molar-refractivity contribution in [1.82, 2.24) is 0 Å².